The van der Waals surface area contributed by atoms with E-state index in [4.69, 9.17) is 17.3 Å². The molecule has 1 aromatic carbocycles. The van der Waals surface area contributed by atoms with Gasteiger partial charge < -0.3 is 10.6 Å². The Labute approximate surface area is 186 Å². The third-order valence-corrected chi connectivity index (χ3v) is 6.06. The van der Waals surface area contributed by atoms with Crippen LogP contribution in [0.3, 0.4) is 0 Å². The van der Waals surface area contributed by atoms with Gasteiger partial charge in [0.15, 0.2) is 0 Å². The number of primary amides is 1. The zero-order chi connectivity index (χ0) is 20.7. The quantitative estimate of drug-likeness (QED) is 0.502. The molecule has 2 amide bonds. The van der Waals surface area contributed by atoms with Gasteiger partial charge in [0.2, 0.25) is 0 Å². The van der Waals surface area contributed by atoms with Crippen molar-refractivity contribution in [2.45, 2.75) is 26.2 Å². The van der Waals surface area contributed by atoms with Gasteiger partial charge in [-0.2, -0.15) is 5.10 Å². The van der Waals surface area contributed by atoms with E-state index in [1.807, 2.05) is 53.6 Å². The number of nitrogens with two attached hydrogens (primary N) is 1. The first-order chi connectivity index (χ1) is 14.6. The standard InChI is InChI=1S/C22H21ClN6O.CH4/c23-16-2-4-17(5-3-16)29-19-14-25-10-6-18(19)20(21(29)28-11-1-9-26-28)15-7-12-27(13-8-15)22(24)30;/h1-6,9-11,14-15H,7-8,12-13H2,(H2,24,30);1H4. The molecule has 1 aliphatic rings. The molecular weight excluding hydrogens is 412 g/mol. The number of piperidine rings is 1. The Morgan fingerprint density at radius 1 is 1.10 bits per heavy atom. The Bertz CT molecular complexity index is 1190. The fraction of sp³-hybridized carbons (Fsp3) is 0.261. The minimum Gasteiger partial charge on any atom is -0.351 e. The van der Waals surface area contributed by atoms with Crippen molar-refractivity contribution in [1.82, 2.24) is 24.2 Å². The zero-order valence-electron chi connectivity index (χ0n) is 16.3. The second-order valence-electron chi connectivity index (χ2n) is 7.49. The molecule has 0 unspecified atom stereocenters. The lowest BCUT2D eigenvalue weighted by Gasteiger charge is -2.31. The largest absolute Gasteiger partial charge is 0.351 e. The van der Waals surface area contributed by atoms with Crippen LogP contribution >= 0.6 is 11.6 Å². The predicted molar refractivity (Wildman–Crippen MR) is 123 cm³/mol. The molecule has 0 saturated carbocycles. The smallest absolute Gasteiger partial charge is 0.314 e. The summed E-state index contributed by atoms with van der Waals surface area (Å²) in [5.74, 6) is 1.26. The molecule has 7 nitrogen and oxygen atoms in total. The number of hydrogen-bond acceptors (Lipinski definition) is 3. The van der Waals surface area contributed by atoms with Gasteiger partial charge in [-0.15, -0.1) is 0 Å². The number of aromatic nitrogens is 4. The second kappa shape index (κ2) is 8.43. The number of fused-ring (bicyclic) bond motifs is 1. The number of hydrogen-bond donors (Lipinski definition) is 1. The normalized spacial score (nSPS) is 14.5. The van der Waals surface area contributed by atoms with Crippen LogP contribution in [0.2, 0.25) is 5.02 Å². The molecule has 0 aliphatic carbocycles. The van der Waals surface area contributed by atoms with Crippen molar-refractivity contribution in [1.29, 1.82) is 0 Å². The lowest BCUT2D eigenvalue weighted by molar-refractivity contribution is 0.191. The Kier molecular flexibility index (Phi) is 5.69. The number of likely N-dealkylation sites (tertiary alicyclic amines) is 1. The molecule has 3 aromatic heterocycles. The lowest BCUT2D eigenvalue weighted by atomic mass is 9.88. The van der Waals surface area contributed by atoms with E-state index in [0.29, 0.717) is 18.1 Å². The third kappa shape index (κ3) is 3.65. The number of amides is 2. The van der Waals surface area contributed by atoms with Gasteiger partial charge in [-0.3, -0.25) is 9.55 Å². The van der Waals surface area contributed by atoms with Crippen LogP contribution in [-0.2, 0) is 0 Å². The number of halogens is 1. The van der Waals surface area contributed by atoms with E-state index in [1.165, 1.54) is 5.56 Å². The molecule has 160 valence electrons. The fourth-order valence-electron chi connectivity index (χ4n) is 4.41. The minimum absolute atomic E-state index is 0. The summed E-state index contributed by atoms with van der Waals surface area (Å²) in [5.41, 5.74) is 8.71. The topological polar surface area (TPSA) is 82.0 Å². The average molecular weight is 437 g/mol. The highest BCUT2D eigenvalue weighted by Gasteiger charge is 2.30. The van der Waals surface area contributed by atoms with Crippen molar-refractivity contribution in [2.24, 2.45) is 5.73 Å². The number of pyridine rings is 1. The average Bonchev–Trinajstić information content (AvgIpc) is 3.40. The van der Waals surface area contributed by atoms with Crippen LogP contribution in [0, 0.1) is 0 Å². The van der Waals surface area contributed by atoms with Gasteiger partial charge in [0, 0.05) is 53.3 Å². The number of rotatable bonds is 3. The number of nitrogens with zero attached hydrogens (tertiary/aromatic N) is 5. The van der Waals surface area contributed by atoms with Gasteiger partial charge in [-0.25, -0.2) is 9.48 Å². The summed E-state index contributed by atoms with van der Waals surface area (Å²) < 4.78 is 4.09. The number of carbonyl (C=O) groups excluding carboxylic acids is 1. The van der Waals surface area contributed by atoms with Crippen LogP contribution in [0.5, 0.6) is 0 Å². The molecule has 0 spiro atoms. The van der Waals surface area contributed by atoms with Crippen LogP contribution in [0.15, 0.2) is 61.2 Å². The number of benzene rings is 1. The van der Waals surface area contributed by atoms with E-state index < -0.39 is 0 Å². The highest BCUT2D eigenvalue weighted by molar-refractivity contribution is 6.30. The van der Waals surface area contributed by atoms with Gasteiger partial charge >= 0.3 is 6.03 Å². The molecule has 8 heteroatoms. The molecule has 1 fully saturated rings. The first kappa shape index (κ1) is 20.9. The molecule has 31 heavy (non-hydrogen) atoms. The Balaban J connectivity index is 0.00000231. The van der Waals surface area contributed by atoms with Crippen molar-refractivity contribution in [2.75, 3.05) is 13.1 Å². The van der Waals surface area contributed by atoms with Gasteiger partial charge in [0.25, 0.3) is 0 Å². The summed E-state index contributed by atoms with van der Waals surface area (Å²) in [4.78, 5) is 17.7. The summed E-state index contributed by atoms with van der Waals surface area (Å²) in [5, 5.41) is 6.38. The summed E-state index contributed by atoms with van der Waals surface area (Å²) in [6.45, 7) is 1.30. The molecule has 2 N–H and O–H groups in total. The van der Waals surface area contributed by atoms with Crippen molar-refractivity contribution in [3.05, 3.63) is 71.8 Å². The third-order valence-electron chi connectivity index (χ3n) is 5.80. The molecule has 1 aliphatic heterocycles. The molecule has 4 heterocycles. The van der Waals surface area contributed by atoms with Crippen LogP contribution in [0.25, 0.3) is 22.4 Å². The van der Waals surface area contributed by atoms with Crippen molar-refractivity contribution < 1.29 is 4.79 Å². The van der Waals surface area contributed by atoms with Crippen molar-refractivity contribution >= 4 is 28.5 Å². The van der Waals surface area contributed by atoms with E-state index in [0.717, 1.165) is 35.2 Å². The van der Waals surface area contributed by atoms with Crippen LogP contribution in [0.1, 0.15) is 31.7 Å². The summed E-state index contributed by atoms with van der Waals surface area (Å²) >= 11 is 6.14. The van der Waals surface area contributed by atoms with Gasteiger partial charge in [0.05, 0.1) is 11.7 Å². The highest BCUT2D eigenvalue weighted by atomic mass is 35.5. The molecule has 1 saturated heterocycles. The molecule has 0 radical (unpaired) electrons. The van der Waals surface area contributed by atoms with Crippen molar-refractivity contribution in [3.8, 4) is 11.5 Å². The molecule has 5 rings (SSSR count). The van der Waals surface area contributed by atoms with Gasteiger partial charge in [-0.1, -0.05) is 19.0 Å². The zero-order valence-corrected chi connectivity index (χ0v) is 17.0. The van der Waals surface area contributed by atoms with Crippen LogP contribution < -0.4 is 5.73 Å². The van der Waals surface area contributed by atoms with E-state index in [1.54, 1.807) is 11.1 Å². The summed E-state index contributed by atoms with van der Waals surface area (Å²) in [6.07, 6.45) is 9.14. The number of carbonyl (C=O) groups is 1. The van der Waals surface area contributed by atoms with E-state index >= 15 is 0 Å². The molecule has 0 atom stereocenters. The lowest BCUT2D eigenvalue weighted by Crippen LogP contribution is -2.41. The Morgan fingerprint density at radius 2 is 1.84 bits per heavy atom. The fourth-order valence-corrected chi connectivity index (χ4v) is 4.54. The number of urea groups is 1. The minimum atomic E-state index is -0.353. The second-order valence-corrected chi connectivity index (χ2v) is 7.93. The highest BCUT2D eigenvalue weighted by Crippen LogP contribution is 2.40. The van der Waals surface area contributed by atoms with Gasteiger partial charge in [0.1, 0.15) is 5.82 Å². The Morgan fingerprint density at radius 3 is 2.48 bits per heavy atom. The maximum Gasteiger partial charge on any atom is 0.314 e. The molecule has 4 aromatic rings. The first-order valence-corrected chi connectivity index (χ1v) is 10.3. The maximum absolute atomic E-state index is 11.6. The van der Waals surface area contributed by atoms with Gasteiger partial charge in [-0.05, 0) is 55.2 Å². The summed E-state index contributed by atoms with van der Waals surface area (Å²) in [7, 11) is 0. The monoisotopic (exact) mass is 436 g/mol. The molecule has 0 bridgehead atoms. The van der Waals surface area contributed by atoms with E-state index in [2.05, 4.69) is 20.7 Å². The SMILES string of the molecule is C.NC(=O)N1CCC(c2c(-n3cccn3)n(-c3ccc(Cl)cc3)c3cnccc23)CC1. The van der Waals surface area contributed by atoms with E-state index in [-0.39, 0.29) is 19.4 Å². The summed E-state index contributed by atoms with van der Waals surface area (Å²) in [6, 6.07) is 11.4. The van der Waals surface area contributed by atoms with Crippen LogP contribution in [-0.4, -0.2) is 43.4 Å². The molecular formula is C23H25ClN6O. The van der Waals surface area contributed by atoms with Crippen molar-refractivity contribution in [3.63, 3.8) is 0 Å². The van der Waals surface area contributed by atoms with E-state index in [9.17, 15) is 4.79 Å². The first-order valence-electron chi connectivity index (χ1n) is 9.92. The van der Waals surface area contributed by atoms with Crippen LogP contribution in [0.4, 0.5) is 4.79 Å². The predicted octanol–water partition coefficient (Wildman–Crippen LogP) is 4.76. The maximum atomic E-state index is 11.6. The Hall–Kier alpha value is -3.32.